The van der Waals surface area contributed by atoms with Gasteiger partial charge in [0, 0.05) is 24.4 Å². The highest BCUT2D eigenvalue weighted by Gasteiger charge is 2.28. The summed E-state index contributed by atoms with van der Waals surface area (Å²) >= 11 is 6.06. The van der Waals surface area contributed by atoms with Gasteiger partial charge in [-0.05, 0) is 37.1 Å². The summed E-state index contributed by atoms with van der Waals surface area (Å²) in [7, 11) is -3.53. The zero-order valence-electron chi connectivity index (χ0n) is 13.2. The van der Waals surface area contributed by atoms with Crippen LogP contribution in [0.3, 0.4) is 0 Å². The maximum absolute atomic E-state index is 14.0. The van der Waals surface area contributed by atoms with Crippen molar-refractivity contribution in [2.24, 2.45) is 0 Å². The highest BCUT2D eigenvalue weighted by atomic mass is 35.5. The summed E-state index contributed by atoms with van der Waals surface area (Å²) in [6.45, 7) is 0.258. The predicted molar refractivity (Wildman–Crippen MR) is 90.9 cm³/mol. The highest BCUT2D eigenvalue weighted by molar-refractivity contribution is 7.90. The van der Waals surface area contributed by atoms with Crippen molar-refractivity contribution in [1.82, 2.24) is 0 Å². The predicted octanol–water partition coefficient (Wildman–Crippen LogP) is 3.61. The fourth-order valence-electron chi connectivity index (χ4n) is 2.87. The SMILES string of the molecule is CS(=O)(=O)c1ccc(Cl)c(C(=O)N2CCCc3c(F)cc(F)cc32)c1. The number of carbonyl (C=O) groups is 1. The summed E-state index contributed by atoms with van der Waals surface area (Å²) in [5, 5.41) is 0.0707. The number of benzene rings is 2. The van der Waals surface area contributed by atoms with Crippen LogP contribution in [0, 0.1) is 11.6 Å². The van der Waals surface area contributed by atoms with Crippen LogP contribution >= 0.6 is 11.6 Å². The molecule has 3 rings (SSSR count). The molecule has 8 heteroatoms. The van der Waals surface area contributed by atoms with Crippen LogP contribution in [0.1, 0.15) is 22.3 Å². The van der Waals surface area contributed by atoms with Crippen molar-refractivity contribution >= 4 is 33.0 Å². The number of anilines is 1. The molecule has 25 heavy (non-hydrogen) atoms. The van der Waals surface area contributed by atoms with Gasteiger partial charge in [0.1, 0.15) is 11.6 Å². The third-order valence-electron chi connectivity index (χ3n) is 4.08. The molecule has 1 aliphatic heterocycles. The Morgan fingerprint density at radius 1 is 1.20 bits per heavy atom. The molecule has 132 valence electrons. The quantitative estimate of drug-likeness (QED) is 0.793. The summed E-state index contributed by atoms with van der Waals surface area (Å²) in [5.41, 5.74) is 0.382. The van der Waals surface area contributed by atoms with E-state index in [2.05, 4.69) is 0 Å². The molecule has 0 saturated carbocycles. The second-order valence-corrected chi connectivity index (χ2v) is 8.28. The molecule has 2 aromatic rings. The van der Waals surface area contributed by atoms with E-state index in [1.807, 2.05) is 0 Å². The van der Waals surface area contributed by atoms with Crippen LogP contribution in [0.25, 0.3) is 0 Å². The Labute approximate surface area is 148 Å². The minimum atomic E-state index is -3.53. The van der Waals surface area contributed by atoms with E-state index < -0.39 is 27.4 Å². The van der Waals surface area contributed by atoms with Crippen LogP contribution < -0.4 is 4.90 Å². The zero-order chi connectivity index (χ0) is 18.4. The number of hydrogen-bond donors (Lipinski definition) is 0. The Morgan fingerprint density at radius 3 is 2.60 bits per heavy atom. The van der Waals surface area contributed by atoms with Crippen molar-refractivity contribution in [3.8, 4) is 0 Å². The number of sulfone groups is 1. The molecular weight excluding hydrogens is 372 g/mol. The number of fused-ring (bicyclic) bond motifs is 1. The van der Waals surface area contributed by atoms with E-state index in [1.165, 1.54) is 23.1 Å². The molecule has 0 fully saturated rings. The molecule has 0 N–H and O–H groups in total. The van der Waals surface area contributed by atoms with Gasteiger partial charge in [-0.25, -0.2) is 17.2 Å². The van der Waals surface area contributed by atoms with Gasteiger partial charge in [-0.2, -0.15) is 0 Å². The Bertz CT molecular complexity index is 976. The van der Waals surface area contributed by atoms with E-state index in [-0.39, 0.29) is 33.3 Å². The molecule has 0 radical (unpaired) electrons. The van der Waals surface area contributed by atoms with Gasteiger partial charge >= 0.3 is 0 Å². The van der Waals surface area contributed by atoms with Gasteiger partial charge in [0.2, 0.25) is 0 Å². The summed E-state index contributed by atoms with van der Waals surface area (Å²) in [5.74, 6) is -2.09. The standard InChI is InChI=1S/C17H14ClF2NO3S/c1-25(23,24)11-4-5-14(18)13(9-11)17(22)21-6-2-3-12-15(20)7-10(19)8-16(12)21/h4-5,7-9H,2-3,6H2,1H3. The average molecular weight is 386 g/mol. The molecule has 0 unspecified atom stereocenters. The summed E-state index contributed by atoms with van der Waals surface area (Å²) in [6.07, 6.45) is 1.92. The van der Waals surface area contributed by atoms with Crippen molar-refractivity contribution in [2.75, 3.05) is 17.7 Å². The van der Waals surface area contributed by atoms with Gasteiger partial charge in [0.15, 0.2) is 9.84 Å². The van der Waals surface area contributed by atoms with E-state index in [0.717, 1.165) is 18.4 Å². The number of hydrogen-bond acceptors (Lipinski definition) is 3. The average Bonchev–Trinajstić information content (AvgIpc) is 2.53. The maximum Gasteiger partial charge on any atom is 0.259 e. The molecule has 4 nitrogen and oxygen atoms in total. The molecule has 1 amide bonds. The lowest BCUT2D eigenvalue weighted by molar-refractivity contribution is 0.0985. The van der Waals surface area contributed by atoms with E-state index in [0.29, 0.717) is 12.8 Å². The van der Waals surface area contributed by atoms with Crippen molar-refractivity contribution in [2.45, 2.75) is 17.7 Å². The van der Waals surface area contributed by atoms with Crippen LogP contribution in [0.4, 0.5) is 14.5 Å². The van der Waals surface area contributed by atoms with Crippen LogP contribution in [-0.4, -0.2) is 27.1 Å². The third-order valence-corrected chi connectivity index (χ3v) is 5.52. The lowest BCUT2D eigenvalue weighted by Crippen LogP contribution is -2.36. The molecule has 1 heterocycles. The molecule has 0 aliphatic carbocycles. The number of nitrogens with zero attached hydrogens (tertiary/aromatic N) is 1. The molecule has 2 aromatic carbocycles. The lowest BCUT2D eigenvalue weighted by Gasteiger charge is -2.30. The van der Waals surface area contributed by atoms with Crippen molar-refractivity contribution < 1.29 is 22.0 Å². The Morgan fingerprint density at radius 2 is 1.92 bits per heavy atom. The van der Waals surface area contributed by atoms with Gasteiger partial charge in [-0.3, -0.25) is 4.79 Å². The Balaban J connectivity index is 2.10. The minimum absolute atomic E-state index is 0.0258. The van der Waals surface area contributed by atoms with Gasteiger partial charge in [0.25, 0.3) is 5.91 Å². The molecule has 0 bridgehead atoms. The first-order chi connectivity index (χ1) is 11.7. The minimum Gasteiger partial charge on any atom is -0.308 e. The van der Waals surface area contributed by atoms with Crippen molar-refractivity contribution in [1.29, 1.82) is 0 Å². The van der Waals surface area contributed by atoms with E-state index in [9.17, 15) is 22.0 Å². The topological polar surface area (TPSA) is 54.5 Å². The highest BCUT2D eigenvalue weighted by Crippen LogP contribution is 2.33. The second-order valence-electron chi connectivity index (χ2n) is 5.86. The van der Waals surface area contributed by atoms with E-state index in [4.69, 9.17) is 11.6 Å². The van der Waals surface area contributed by atoms with Crippen LogP contribution in [0.2, 0.25) is 5.02 Å². The second kappa shape index (κ2) is 6.38. The largest absolute Gasteiger partial charge is 0.308 e. The summed E-state index contributed by atoms with van der Waals surface area (Å²) in [6, 6.07) is 5.69. The van der Waals surface area contributed by atoms with Crippen LogP contribution in [0.15, 0.2) is 35.2 Å². The fourth-order valence-corrected chi connectivity index (χ4v) is 3.71. The molecule has 1 aliphatic rings. The fraction of sp³-hybridized carbons (Fsp3) is 0.235. The Hall–Kier alpha value is -1.99. The summed E-state index contributed by atoms with van der Waals surface area (Å²) < 4.78 is 51.0. The molecule has 0 atom stereocenters. The van der Waals surface area contributed by atoms with Gasteiger partial charge in [0.05, 0.1) is 21.2 Å². The van der Waals surface area contributed by atoms with Crippen molar-refractivity contribution in [3.05, 3.63) is 58.1 Å². The molecule has 0 saturated heterocycles. The van der Waals surface area contributed by atoms with Gasteiger partial charge < -0.3 is 4.90 Å². The van der Waals surface area contributed by atoms with Gasteiger partial charge in [-0.1, -0.05) is 11.6 Å². The van der Waals surface area contributed by atoms with E-state index in [1.54, 1.807) is 0 Å². The Kier molecular flexibility index (Phi) is 4.55. The van der Waals surface area contributed by atoms with Crippen LogP contribution in [-0.2, 0) is 16.3 Å². The number of carbonyl (C=O) groups excluding carboxylic acids is 1. The first kappa shape index (κ1) is 17.8. The first-order valence-electron chi connectivity index (χ1n) is 7.48. The normalized spacial score (nSPS) is 14.3. The molecular formula is C17H14ClF2NO3S. The smallest absolute Gasteiger partial charge is 0.259 e. The van der Waals surface area contributed by atoms with Crippen molar-refractivity contribution in [3.63, 3.8) is 0 Å². The van der Waals surface area contributed by atoms with Gasteiger partial charge in [-0.15, -0.1) is 0 Å². The molecule has 0 spiro atoms. The third kappa shape index (κ3) is 3.39. The zero-order valence-corrected chi connectivity index (χ0v) is 14.8. The number of rotatable bonds is 2. The first-order valence-corrected chi connectivity index (χ1v) is 9.75. The van der Waals surface area contributed by atoms with Crippen LogP contribution in [0.5, 0.6) is 0 Å². The lowest BCUT2D eigenvalue weighted by atomic mass is 10.00. The molecule has 0 aromatic heterocycles. The maximum atomic E-state index is 14.0. The number of halogens is 3. The summed E-state index contributed by atoms with van der Waals surface area (Å²) in [4.78, 5) is 14.1. The monoisotopic (exact) mass is 385 g/mol. The van der Waals surface area contributed by atoms with E-state index >= 15 is 0 Å². The number of amides is 1.